The van der Waals surface area contributed by atoms with Crippen LogP contribution in [0.2, 0.25) is 0 Å². The van der Waals surface area contributed by atoms with Crippen molar-refractivity contribution in [2.24, 2.45) is 5.92 Å². The molecule has 1 heterocycles. The molecule has 1 fully saturated rings. The molecule has 1 N–H and O–H groups in total. The summed E-state index contributed by atoms with van der Waals surface area (Å²) in [7, 11) is 0. The average molecular weight is 402 g/mol. The van der Waals surface area contributed by atoms with Crippen molar-refractivity contribution in [3.8, 4) is 0 Å². The van der Waals surface area contributed by atoms with Gasteiger partial charge in [0.1, 0.15) is 0 Å². The maximum Gasteiger partial charge on any atom is 0.307 e. The number of halogens is 1. The predicted molar refractivity (Wildman–Crippen MR) is 104 cm³/mol. The van der Waals surface area contributed by atoms with Gasteiger partial charge in [0.2, 0.25) is 0 Å². The Bertz CT molecular complexity index is 757. The minimum atomic E-state index is -0.681. The van der Waals surface area contributed by atoms with Gasteiger partial charge in [0.05, 0.1) is 12.0 Å². The molecule has 0 bridgehead atoms. The number of carboxylic acid groups (broad SMARTS) is 1. The third-order valence-corrected chi connectivity index (χ3v) is 5.60. The maximum absolute atomic E-state index is 11.5. The number of aryl methyl sites for hydroxylation is 2. The van der Waals surface area contributed by atoms with Crippen LogP contribution < -0.4 is 0 Å². The highest BCUT2D eigenvalue weighted by molar-refractivity contribution is 9.10. The van der Waals surface area contributed by atoms with Gasteiger partial charge in [-0.1, -0.05) is 51.8 Å². The van der Waals surface area contributed by atoms with Crippen LogP contribution >= 0.6 is 15.9 Å². The molecule has 1 saturated heterocycles. The second-order valence-electron chi connectivity index (χ2n) is 6.99. The first-order valence-corrected chi connectivity index (χ1v) is 9.54. The zero-order chi connectivity index (χ0) is 18.0. The van der Waals surface area contributed by atoms with E-state index < -0.39 is 5.97 Å². The minimum absolute atomic E-state index is 0.0934. The van der Waals surface area contributed by atoms with Gasteiger partial charge in [0, 0.05) is 11.0 Å². The van der Waals surface area contributed by atoms with Gasteiger partial charge < -0.3 is 5.11 Å². The Labute approximate surface area is 157 Å². The van der Waals surface area contributed by atoms with Crippen molar-refractivity contribution >= 4 is 21.9 Å². The number of carbonyl (C=O) groups is 1. The van der Waals surface area contributed by atoms with E-state index in [-0.39, 0.29) is 12.0 Å². The number of likely N-dealkylation sites (tertiary alicyclic amines) is 1. The molecule has 1 aliphatic heterocycles. The normalized spacial score (nSPS) is 19.6. The van der Waals surface area contributed by atoms with Crippen LogP contribution in [0.1, 0.15) is 41.1 Å². The van der Waals surface area contributed by atoms with Crippen molar-refractivity contribution in [1.82, 2.24) is 4.90 Å². The van der Waals surface area contributed by atoms with Gasteiger partial charge in [0.25, 0.3) is 0 Å². The second kappa shape index (κ2) is 7.71. The molecule has 132 valence electrons. The lowest BCUT2D eigenvalue weighted by molar-refractivity contribution is -0.143. The van der Waals surface area contributed by atoms with E-state index in [4.69, 9.17) is 0 Å². The van der Waals surface area contributed by atoms with E-state index >= 15 is 0 Å². The van der Waals surface area contributed by atoms with Crippen LogP contribution in [0.3, 0.4) is 0 Å². The number of aliphatic carboxylic acids is 1. The van der Waals surface area contributed by atoms with E-state index in [9.17, 15) is 9.90 Å². The molecule has 2 aromatic carbocycles. The van der Waals surface area contributed by atoms with E-state index in [1.807, 2.05) is 0 Å². The van der Waals surface area contributed by atoms with Crippen molar-refractivity contribution in [3.63, 3.8) is 0 Å². The number of rotatable bonds is 4. The van der Waals surface area contributed by atoms with Crippen molar-refractivity contribution in [1.29, 1.82) is 0 Å². The Morgan fingerprint density at radius 2 is 1.92 bits per heavy atom. The van der Waals surface area contributed by atoms with Gasteiger partial charge in [-0.2, -0.15) is 0 Å². The Hall–Kier alpha value is -1.65. The summed E-state index contributed by atoms with van der Waals surface area (Å²) in [5, 5.41) is 9.47. The standard InChI is InChI=1S/C21H24BrNO2/c1-14-5-10-19(15(2)12-14)20(16-6-8-18(22)9-7-16)23-11-3-4-17(13-23)21(24)25/h5-10,12,17,20H,3-4,11,13H2,1-2H3,(H,24,25). The molecule has 0 radical (unpaired) electrons. The molecule has 2 unspecified atom stereocenters. The average Bonchev–Trinajstić information content (AvgIpc) is 2.59. The SMILES string of the molecule is Cc1ccc(C(c2ccc(Br)cc2)N2CCCC(C(=O)O)C2)c(C)c1. The lowest BCUT2D eigenvalue weighted by atomic mass is 9.89. The summed E-state index contributed by atoms with van der Waals surface area (Å²) in [6, 6.07) is 15.0. The third-order valence-electron chi connectivity index (χ3n) is 5.07. The van der Waals surface area contributed by atoms with Crippen LogP contribution in [0.25, 0.3) is 0 Å². The number of piperidine rings is 1. The molecule has 2 aromatic rings. The quantitative estimate of drug-likeness (QED) is 0.787. The third kappa shape index (κ3) is 4.13. The molecule has 3 nitrogen and oxygen atoms in total. The van der Waals surface area contributed by atoms with Gasteiger partial charge in [-0.25, -0.2) is 0 Å². The monoisotopic (exact) mass is 401 g/mol. The molecule has 25 heavy (non-hydrogen) atoms. The molecule has 1 aliphatic rings. The summed E-state index contributed by atoms with van der Waals surface area (Å²) in [5.74, 6) is -0.961. The zero-order valence-electron chi connectivity index (χ0n) is 14.7. The van der Waals surface area contributed by atoms with Gasteiger partial charge in [0.15, 0.2) is 0 Å². The van der Waals surface area contributed by atoms with E-state index in [0.29, 0.717) is 6.54 Å². The molecular weight excluding hydrogens is 378 g/mol. The molecular formula is C21H24BrNO2. The summed E-state index contributed by atoms with van der Waals surface area (Å²) in [5.41, 5.74) is 4.98. The Morgan fingerprint density at radius 1 is 1.20 bits per heavy atom. The molecule has 3 rings (SSSR count). The highest BCUT2D eigenvalue weighted by Crippen LogP contribution is 2.35. The summed E-state index contributed by atoms with van der Waals surface area (Å²) >= 11 is 3.51. The lowest BCUT2D eigenvalue weighted by Gasteiger charge is -2.38. The summed E-state index contributed by atoms with van der Waals surface area (Å²) < 4.78 is 1.05. The highest BCUT2D eigenvalue weighted by atomic mass is 79.9. The lowest BCUT2D eigenvalue weighted by Crippen LogP contribution is -2.41. The molecule has 4 heteroatoms. The van der Waals surface area contributed by atoms with E-state index in [2.05, 4.69) is 77.1 Å². The smallest absolute Gasteiger partial charge is 0.307 e. The van der Waals surface area contributed by atoms with Crippen molar-refractivity contribution < 1.29 is 9.90 Å². The largest absolute Gasteiger partial charge is 0.481 e. The Balaban J connectivity index is 2.02. The van der Waals surface area contributed by atoms with Gasteiger partial charge >= 0.3 is 5.97 Å². The van der Waals surface area contributed by atoms with Crippen LogP contribution in [0.4, 0.5) is 0 Å². The summed E-state index contributed by atoms with van der Waals surface area (Å²) in [6.45, 7) is 5.78. The molecule has 0 spiro atoms. The summed E-state index contributed by atoms with van der Waals surface area (Å²) in [4.78, 5) is 13.9. The van der Waals surface area contributed by atoms with Crippen LogP contribution in [-0.2, 0) is 4.79 Å². The molecule has 0 aliphatic carbocycles. The first kappa shape index (κ1) is 18.2. The fourth-order valence-corrected chi connectivity index (χ4v) is 4.07. The first-order valence-electron chi connectivity index (χ1n) is 8.75. The number of hydrogen-bond donors (Lipinski definition) is 1. The summed E-state index contributed by atoms with van der Waals surface area (Å²) in [6.07, 6.45) is 1.70. The molecule has 0 amide bonds. The van der Waals surface area contributed by atoms with Crippen molar-refractivity contribution in [2.45, 2.75) is 32.7 Å². The minimum Gasteiger partial charge on any atom is -0.481 e. The fourth-order valence-electron chi connectivity index (χ4n) is 3.81. The number of hydrogen-bond acceptors (Lipinski definition) is 2. The zero-order valence-corrected chi connectivity index (χ0v) is 16.3. The maximum atomic E-state index is 11.5. The number of carboxylic acids is 1. The molecule has 0 aromatic heterocycles. The number of benzene rings is 2. The van der Waals surface area contributed by atoms with Gasteiger partial charge in [-0.05, 0) is 62.1 Å². The van der Waals surface area contributed by atoms with Gasteiger partial charge in [-0.3, -0.25) is 9.69 Å². The van der Waals surface area contributed by atoms with Crippen LogP contribution in [-0.4, -0.2) is 29.1 Å². The van der Waals surface area contributed by atoms with Crippen molar-refractivity contribution in [3.05, 3.63) is 69.2 Å². The number of nitrogens with zero attached hydrogens (tertiary/aromatic N) is 1. The molecule has 2 atom stereocenters. The first-order chi connectivity index (χ1) is 12.0. The van der Waals surface area contributed by atoms with E-state index in [1.54, 1.807) is 0 Å². The van der Waals surface area contributed by atoms with Crippen LogP contribution in [0.5, 0.6) is 0 Å². The Kier molecular flexibility index (Phi) is 5.60. The van der Waals surface area contributed by atoms with Crippen LogP contribution in [0.15, 0.2) is 46.9 Å². The Morgan fingerprint density at radius 3 is 2.56 bits per heavy atom. The van der Waals surface area contributed by atoms with E-state index in [1.165, 1.54) is 22.3 Å². The van der Waals surface area contributed by atoms with Crippen LogP contribution in [0, 0.1) is 19.8 Å². The molecule has 0 saturated carbocycles. The van der Waals surface area contributed by atoms with E-state index in [0.717, 1.165) is 23.9 Å². The van der Waals surface area contributed by atoms with Crippen molar-refractivity contribution in [2.75, 3.05) is 13.1 Å². The predicted octanol–water partition coefficient (Wildman–Crippen LogP) is 4.95. The van der Waals surface area contributed by atoms with Gasteiger partial charge in [-0.15, -0.1) is 0 Å². The topological polar surface area (TPSA) is 40.5 Å². The highest BCUT2D eigenvalue weighted by Gasteiger charge is 2.31. The fraction of sp³-hybridized carbons (Fsp3) is 0.381. The second-order valence-corrected chi connectivity index (χ2v) is 7.90.